The van der Waals surface area contributed by atoms with Crippen LogP contribution in [0, 0.1) is 0 Å². The Labute approximate surface area is 130 Å². The van der Waals surface area contributed by atoms with Crippen molar-refractivity contribution in [1.82, 2.24) is 5.16 Å². The van der Waals surface area contributed by atoms with Crippen LogP contribution in [0.25, 0.3) is 11.3 Å². The molecular formula is C15H11ClN2O2S. The Hall–Kier alpha value is -2.11. The summed E-state index contributed by atoms with van der Waals surface area (Å²) in [6.45, 7) is 0.239. The Morgan fingerprint density at radius 1 is 1.29 bits per heavy atom. The Morgan fingerprint density at radius 3 is 2.90 bits per heavy atom. The van der Waals surface area contributed by atoms with Gasteiger partial charge in [0.15, 0.2) is 12.4 Å². The molecule has 0 fully saturated rings. The zero-order valence-electron chi connectivity index (χ0n) is 10.9. The van der Waals surface area contributed by atoms with E-state index in [4.69, 9.17) is 21.0 Å². The van der Waals surface area contributed by atoms with Crippen LogP contribution in [0.15, 0.2) is 57.5 Å². The predicted molar refractivity (Wildman–Crippen MR) is 83.7 cm³/mol. The molecular weight excluding hydrogens is 308 g/mol. The van der Waals surface area contributed by atoms with Gasteiger partial charge < -0.3 is 9.36 Å². The van der Waals surface area contributed by atoms with Gasteiger partial charge in [-0.1, -0.05) is 40.1 Å². The molecule has 0 aliphatic rings. The summed E-state index contributed by atoms with van der Waals surface area (Å²) in [5, 5.41) is 10.6. The molecule has 3 aromatic rings. The summed E-state index contributed by atoms with van der Waals surface area (Å²) in [7, 11) is 0. The van der Waals surface area contributed by atoms with Gasteiger partial charge in [-0.25, -0.2) is 0 Å². The van der Waals surface area contributed by atoms with Gasteiger partial charge in [0.1, 0.15) is 5.69 Å². The molecule has 2 heterocycles. The van der Waals surface area contributed by atoms with Gasteiger partial charge in [0.05, 0.1) is 6.21 Å². The molecule has 3 rings (SSSR count). The van der Waals surface area contributed by atoms with Crippen LogP contribution in [0.4, 0.5) is 0 Å². The van der Waals surface area contributed by atoms with Crippen LogP contribution < -0.4 is 0 Å². The summed E-state index contributed by atoms with van der Waals surface area (Å²) in [5.74, 6) is 0.614. The second-order valence-electron chi connectivity index (χ2n) is 4.21. The number of halogens is 1. The minimum Gasteiger partial charge on any atom is -0.387 e. The van der Waals surface area contributed by atoms with Crippen molar-refractivity contribution in [3.8, 4) is 11.3 Å². The van der Waals surface area contributed by atoms with Crippen molar-refractivity contribution in [2.24, 2.45) is 5.16 Å². The van der Waals surface area contributed by atoms with Crippen LogP contribution in [-0.2, 0) is 11.4 Å². The summed E-state index contributed by atoms with van der Waals surface area (Å²) < 4.78 is 5.21. The molecule has 0 saturated carbocycles. The van der Waals surface area contributed by atoms with Crippen molar-refractivity contribution in [3.63, 3.8) is 0 Å². The molecule has 0 spiro atoms. The maximum Gasteiger partial charge on any atom is 0.177 e. The van der Waals surface area contributed by atoms with Crippen LogP contribution in [0.2, 0.25) is 5.02 Å². The lowest BCUT2D eigenvalue weighted by Gasteiger charge is -1.94. The maximum atomic E-state index is 5.85. The molecule has 21 heavy (non-hydrogen) atoms. The third-order valence-electron chi connectivity index (χ3n) is 2.70. The smallest absolute Gasteiger partial charge is 0.177 e. The summed E-state index contributed by atoms with van der Waals surface area (Å²) in [5.41, 5.74) is 1.68. The first-order chi connectivity index (χ1) is 10.3. The lowest BCUT2D eigenvalue weighted by Crippen LogP contribution is -1.84. The molecule has 2 aromatic heterocycles. The molecule has 0 atom stereocenters. The molecule has 0 amide bonds. The fourth-order valence-corrected chi connectivity index (χ4v) is 2.39. The van der Waals surface area contributed by atoms with E-state index in [0.29, 0.717) is 10.8 Å². The quantitative estimate of drug-likeness (QED) is 0.510. The van der Waals surface area contributed by atoms with E-state index in [-0.39, 0.29) is 6.61 Å². The van der Waals surface area contributed by atoms with E-state index in [9.17, 15) is 0 Å². The maximum absolute atomic E-state index is 5.85. The highest BCUT2D eigenvalue weighted by Gasteiger charge is 2.06. The number of aromatic nitrogens is 1. The molecule has 6 heteroatoms. The Kier molecular flexibility index (Phi) is 4.33. The molecule has 0 N–H and O–H groups in total. The largest absolute Gasteiger partial charge is 0.387 e. The fourth-order valence-electron chi connectivity index (χ4n) is 1.69. The third kappa shape index (κ3) is 3.71. The van der Waals surface area contributed by atoms with E-state index in [1.165, 1.54) is 0 Å². The van der Waals surface area contributed by atoms with Crippen molar-refractivity contribution in [1.29, 1.82) is 0 Å². The van der Waals surface area contributed by atoms with E-state index in [0.717, 1.165) is 16.1 Å². The van der Waals surface area contributed by atoms with Crippen molar-refractivity contribution in [2.75, 3.05) is 0 Å². The summed E-state index contributed by atoms with van der Waals surface area (Å²) in [4.78, 5) is 6.22. The Balaban J connectivity index is 1.59. The minimum absolute atomic E-state index is 0.239. The van der Waals surface area contributed by atoms with Crippen LogP contribution in [-0.4, -0.2) is 11.4 Å². The predicted octanol–water partition coefficient (Wildman–Crippen LogP) is 4.61. The highest BCUT2D eigenvalue weighted by atomic mass is 35.5. The van der Waals surface area contributed by atoms with Gasteiger partial charge >= 0.3 is 0 Å². The lowest BCUT2D eigenvalue weighted by molar-refractivity contribution is 0.110. The molecule has 0 saturated heterocycles. The number of thiophene rings is 1. The van der Waals surface area contributed by atoms with E-state index >= 15 is 0 Å². The number of benzene rings is 1. The van der Waals surface area contributed by atoms with Crippen molar-refractivity contribution in [2.45, 2.75) is 6.61 Å². The number of nitrogens with zero attached hydrogens (tertiary/aromatic N) is 2. The molecule has 4 nitrogen and oxygen atoms in total. The van der Waals surface area contributed by atoms with Crippen molar-refractivity contribution < 1.29 is 9.36 Å². The van der Waals surface area contributed by atoms with Gasteiger partial charge in [-0.05, 0) is 23.6 Å². The fraction of sp³-hybridized carbons (Fsp3) is 0.0667. The number of hydrogen-bond acceptors (Lipinski definition) is 5. The summed E-state index contributed by atoms with van der Waals surface area (Å²) in [6, 6.07) is 13.1. The van der Waals surface area contributed by atoms with Crippen molar-refractivity contribution in [3.05, 3.63) is 63.5 Å². The molecule has 106 valence electrons. The molecule has 0 aliphatic carbocycles. The topological polar surface area (TPSA) is 47.6 Å². The van der Waals surface area contributed by atoms with Crippen LogP contribution in [0.1, 0.15) is 10.6 Å². The highest BCUT2D eigenvalue weighted by molar-refractivity contribution is 7.11. The average molecular weight is 319 g/mol. The van der Waals surface area contributed by atoms with Crippen LogP contribution in [0.3, 0.4) is 0 Å². The monoisotopic (exact) mass is 318 g/mol. The standard InChI is InChI=1S/C15H11ClN2O2S/c16-12-5-3-11(4-6-12)15-8-13(20-18-15)10-19-17-9-14-2-1-7-21-14/h1-9H,10H2/b17-9+. The molecule has 1 aromatic carbocycles. The minimum atomic E-state index is 0.239. The zero-order valence-corrected chi connectivity index (χ0v) is 12.5. The second-order valence-corrected chi connectivity index (χ2v) is 5.62. The third-order valence-corrected chi connectivity index (χ3v) is 3.76. The van der Waals surface area contributed by atoms with Crippen LogP contribution >= 0.6 is 22.9 Å². The lowest BCUT2D eigenvalue weighted by atomic mass is 10.1. The van der Waals surface area contributed by atoms with Gasteiger partial charge in [0, 0.05) is 21.5 Å². The molecule has 0 bridgehead atoms. The van der Waals surface area contributed by atoms with E-state index in [1.54, 1.807) is 17.6 Å². The SMILES string of the molecule is Clc1ccc(-c2cc(CO/N=C/c3cccs3)on2)cc1. The van der Waals surface area contributed by atoms with Gasteiger partial charge in [0.2, 0.25) is 0 Å². The second kappa shape index (κ2) is 6.56. The molecule has 0 radical (unpaired) electrons. The number of hydrogen-bond donors (Lipinski definition) is 0. The average Bonchev–Trinajstić information content (AvgIpc) is 3.16. The van der Waals surface area contributed by atoms with Crippen LogP contribution in [0.5, 0.6) is 0 Å². The van der Waals surface area contributed by atoms with Gasteiger partial charge in [-0.3, -0.25) is 0 Å². The summed E-state index contributed by atoms with van der Waals surface area (Å²) in [6.07, 6.45) is 1.67. The number of oxime groups is 1. The Morgan fingerprint density at radius 2 is 2.14 bits per heavy atom. The highest BCUT2D eigenvalue weighted by Crippen LogP contribution is 2.21. The Bertz CT molecular complexity index is 720. The molecule has 0 unspecified atom stereocenters. The van der Waals surface area contributed by atoms with E-state index in [2.05, 4.69) is 10.3 Å². The summed E-state index contributed by atoms with van der Waals surface area (Å²) >= 11 is 7.45. The first-order valence-corrected chi connectivity index (χ1v) is 7.47. The van der Waals surface area contributed by atoms with Crippen molar-refractivity contribution >= 4 is 29.2 Å². The zero-order chi connectivity index (χ0) is 14.5. The van der Waals surface area contributed by atoms with E-state index < -0.39 is 0 Å². The van der Waals surface area contributed by atoms with Gasteiger partial charge in [0.25, 0.3) is 0 Å². The number of rotatable bonds is 5. The van der Waals surface area contributed by atoms with E-state index in [1.807, 2.05) is 47.8 Å². The first-order valence-electron chi connectivity index (χ1n) is 6.21. The normalized spacial score (nSPS) is 11.1. The first kappa shape index (κ1) is 13.9. The van der Waals surface area contributed by atoms with Gasteiger partial charge in [-0.2, -0.15) is 0 Å². The van der Waals surface area contributed by atoms with Gasteiger partial charge in [-0.15, -0.1) is 11.3 Å². The molecule has 0 aliphatic heterocycles.